The molecular weight excluding hydrogens is 380 g/mol. The van der Waals surface area contributed by atoms with Gasteiger partial charge in [-0.05, 0) is 42.5 Å². The van der Waals surface area contributed by atoms with E-state index in [0.717, 1.165) is 35.8 Å². The number of amides is 1. The molecule has 0 atom stereocenters. The summed E-state index contributed by atoms with van der Waals surface area (Å²) in [6.07, 6.45) is 0. The minimum atomic E-state index is 0.0711. The number of benzene rings is 2. The van der Waals surface area contributed by atoms with E-state index in [1.54, 1.807) is 14.2 Å². The molecule has 0 spiro atoms. The van der Waals surface area contributed by atoms with E-state index in [1.165, 1.54) is 0 Å². The van der Waals surface area contributed by atoms with Crippen LogP contribution in [0.15, 0.2) is 60.7 Å². The molecular formula is C23H24N4O3. The van der Waals surface area contributed by atoms with E-state index < -0.39 is 0 Å². The first kappa shape index (κ1) is 19.7. The highest BCUT2D eigenvalue weighted by molar-refractivity contribution is 5.94. The fourth-order valence-corrected chi connectivity index (χ4v) is 3.55. The molecule has 4 rings (SSSR count). The van der Waals surface area contributed by atoms with Crippen LogP contribution in [0.1, 0.15) is 10.4 Å². The third-order valence-corrected chi connectivity index (χ3v) is 5.24. The van der Waals surface area contributed by atoms with E-state index in [-0.39, 0.29) is 5.91 Å². The van der Waals surface area contributed by atoms with Crippen molar-refractivity contribution in [2.24, 2.45) is 0 Å². The topological polar surface area (TPSA) is 67.8 Å². The molecule has 1 amide bonds. The van der Waals surface area contributed by atoms with Gasteiger partial charge in [0.05, 0.1) is 19.9 Å². The van der Waals surface area contributed by atoms with Crippen LogP contribution < -0.4 is 14.4 Å². The first-order valence-corrected chi connectivity index (χ1v) is 9.85. The Morgan fingerprint density at radius 3 is 2.27 bits per heavy atom. The molecule has 0 radical (unpaired) electrons. The van der Waals surface area contributed by atoms with Gasteiger partial charge in [-0.1, -0.05) is 18.2 Å². The number of anilines is 1. The van der Waals surface area contributed by atoms with Gasteiger partial charge < -0.3 is 19.3 Å². The zero-order chi connectivity index (χ0) is 20.9. The van der Waals surface area contributed by atoms with Crippen LogP contribution in [0.4, 0.5) is 5.82 Å². The number of ether oxygens (including phenoxy) is 2. The number of rotatable bonds is 5. The maximum absolute atomic E-state index is 12.6. The quantitative estimate of drug-likeness (QED) is 0.651. The average Bonchev–Trinajstić information content (AvgIpc) is 2.84. The molecule has 7 nitrogen and oxygen atoms in total. The van der Waals surface area contributed by atoms with Gasteiger partial charge in [0.15, 0.2) is 5.82 Å². The van der Waals surface area contributed by atoms with Gasteiger partial charge in [-0.3, -0.25) is 4.79 Å². The fraction of sp³-hybridized carbons (Fsp3) is 0.261. The summed E-state index contributed by atoms with van der Waals surface area (Å²) in [6, 6.07) is 18.9. The molecule has 1 saturated heterocycles. The number of carbonyl (C=O) groups is 1. The Kier molecular flexibility index (Phi) is 5.79. The first-order chi connectivity index (χ1) is 14.7. The lowest BCUT2D eigenvalue weighted by Crippen LogP contribution is -2.49. The van der Waals surface area contributed by atoms with Crippen molar-refractivity contribution in [1.29, 1.82) is 0 Å². The van der Waals surface area contributed by atoms with Crippen molar-refractivity contribution in [3.63, 3.8) is 0 Å². The SMILES string of the molecule is COc1ccc(OC)c(-c2ccc(N3CCN(C(=O)c4ccccc4)CC3)nn2)c1. The van der Waals surface area contributed by atoms with Crippen LogP contribution in [-0.4, -0.2) is 61.4 Å². The number of carbonyl (C=O) groups excluding carboxylic acids is 1. The minimum absolute atomic E-state index is 0.0711. The molecule has 0 unspecified atom stereocenters. The third kappa shape index (κ3) is 4.05. The van der Waals surface area contributed by atoms with Crippen LogP contribution in [0.5, 0.6) is 11.5 Å². The monoisotopic (exact) mass is 404 g/mol. The molecule has 30 heavy (non-hydrogen) atoms. The summed E-state index contributed by atoms with van der Waals surface area (Å²) in [6.45, 7) is 2.74. The van der Waals surface area contributed by atoms with Crippen molar-refractivity contribution in [2.45, 2.75) is 0 Å². The third-order valence-electron chi connectivity index (χ3n) is 5.24. The highest BCUT2D eigenvalue weighted by Gasteiger charge is 2.23. The van der Waals surface area contributed by atoms with Gasteiger partial charge in [-0.15, -0.1) is 10.2 Å². The van der Waals surface area contributed by atoms with Gasteiger partial charge in [-0.2, -0.15) is 0 Å². The molecule has 7 heteroatoms. The van der Waals surface area contributed by atoms with Gasteiger partial charge in [0, 0.05) is 37.3 Å². The number of nitrogens with zero attached hydrogens (tertiary/aromatic N) is 4. The number of hydrogen-bond donors (Lipinski definition) is 0. The zero-order valence-electron chi connectivity index (χ0n) is 17.1. The van der Waals surface area contributed by atoms with Crippen LogP contribution in [0.2, 0.25) is 0 Å². The Bertz CT molecular complexity index is 1000. The normalized spacial score (nSPS) is 13.8. The number of aromatic nitrogens is 2. The average molecular weight is 404 g/mol. The number of methoxy groups -OCH3 is 2. The van der Waals surface area contributed by atoms with Crippen molar-refractivity contribution in [2.75, 3.05) is 45.3 Å². The van der Waals surface area contributed by atoms with Crippen molar-refractivity contribution in [3.05, 3.63) is 66.2 Å². The van der Waals surface area contributed by atoms with Gasteiger partial charge in [-0.25, -0.2) is 0 Å². The van der Waals surface area contributed by atoms with E-state index in [4.69, 9.17) is 9.47 Å². The molecule has 3 aromatic rings. The highest BCUT2D eigenvalue weighted by atomic mass is 16.5. The van der Waals surface area contributed by atoms with Crippen LogP contribution in [0.25, 0.3) is 11.3 Å². The van der Waals surface area contributed by atoms with Crippen LogP contribution in [0, 0.1) is 0 Å². The minimum Gasteiger partial charge on any atom is -0.497 e. The predicted molar refractivity (Wildman–Crippen MR) is 115 cm³/mol. The number of hydrogen-bond acceptors (Lipinski definition) is 6. The van der Waals surface area contributed by atoms with Gasteiger partial charge >= 0.3 is 0 Å². The smallest absolute Gasteiger partial charge is 0.253 e. The van der Waals surface area contributed by atoms with Crippen LogP contribution >= 0.6 is 0 Å². The van der Waals surface area contributed by atoms with Gasteiger partial charge in [0.2, 0.25) is 0 Å². The van der Waals surface area contributed by atoms with Crippen molar-refractivity contribution in [1.82, 2.24) is 15.1 Å². The Balaban J connectivity index is 1.44. The summed E-state index contributed by atoms with van der Waals surface area (Å²) in [5.74, 6) is 2.32. The predicted octanol–water partition coefficient (Wildman–Crippen LogP) is 3.12. The van der Waals surface area contributed by atoms with Gasteiger partial charge in [0.1, 0.15) is 11.5 Å². The van der Waals surface area contributed by atoms with E-state index in [9.17, 15) is 4.79 Å². The lowest BCUT2D eigenvalue weighted by atomic mass is 10.1. The number of piperazine rings is 1. The summed E-state index contributed by atoms with van der Waals surface area (Å²) >= 11 is 0. The zero-order valence-corrected chi connectivity index (χ0v) is 17.1. The van der Waals surface area contributed by atoms with Gasteiger partial charge in [0.25, 0.3) is 5.91 Å². The summed E-state index contributed by atoms with van der Waals surface area (Å²) in [4.78, 5) is 16.6. The largest absolute Gasteiger partial charge is 0.497 e. The molecule has 0 bridgehead atoms. The first-order valence-electron chi connectivity index (χ1n) is 9.85. The molecule has 2 heterocycles. The summed E-state index contributed by atoms with van der Waals surface area (Å²) in [5.41, 5.74) is 2.27. The molecule has 1 fully saturated rings. The molecule has 154 valence electrons. The molecule has 0 N–H and O–H groups in total. The Morgan fingerprint density at radius 1 is 0.867 bits per heavy atom. The maximum Gasteiger partial charge on any atom is 0.253 e. The second-order valence-electron chi connectivity index (χ2n) is 6.99. The molecule has 1 aliphatic rings. The lowest BCUT2D eigenvalue weighted by molar-refractivity contribution is 0.0746. The molecule has 1 aromatic heterocycles. The van der Waals surface area contributed by atoms with Crippen molar-refractivity contribution < 1.29 is 14.3 Å². The van der Waals surface area contributed by atoms with Crippen LogP contribution in [-0.2, 0) is 0 Å². The highest BCUT2D eigenvalue weighted by Crippen LogP contribution is 2.32. The molecule has 0 aliphatic carbocycles. The molecule has 1 aliphatic heterocycles. The second-order valence-corrected chi connectivity index (χ2v) is 6.99. The van der Waals surface area contributed by atoms with E-state index >= 15 is 0 Å². The lowest BCUT2D eigenvalue weighted by Gasteiger charge is -2.35. The second kappa shape index (κ2) is 8.82. The van der Waals surface area contributed by atoms with Crippen molar-refractivity contribution >= 4 is 11.7 Å². The molecule has 0 saturated carbocycles. The maximum atomic E-state index is 12.6. The summed E-state index contributed by atoms with van der Waals surface area (Å²) in [7, 11) is 3.26. The summed E-state index contributed by atoms with van der Waals surface area (Å²) in [5, 5.41) is 8.82. The standard InChI is InChI=1S/C23H24N4O3/c1-29-18-8-10-21(30-2)19(16-18)20-9-11-22(25-24-20)26-12-14-27(15-13-26)23(28)17-6-4-3-5-7-17/h3-11,16H,12-15H2,1-2H3. The van der Waals surface area contributed by atoms with Crippen molar-refractivity contribution in [3.8, 4) is 22.8 Å². The van der Waals surface area contributed by atoms with E-state index in [0.29, 0.717) is 24.5 Å². The van der Waals surface area contributed by atoms with Crippen LogP contribution in [0.3, 0.4) is 0 Å². The van der Waals surface area contributed by atoms with E-state index in [2.05, 4.69) is 15.1 Å². The Morgan fingerprint density at radius 2 is 1.63 bits per heavy atom. The molecule has 2 aromatic carbocycles. The Labute approximate surface area is 175 Å². The van der Waals surface area contributed by atoms with E-state index in [1.807, 2.05) is 65.6 Å². The fourth-order valence-electron chi connectivity index (χ4n) is 3.55. The summed E-state index contributed by atoms with van der Waals surface area (Å²) < 4.78 is 10.8. The Hall–Kier alpha value is -3.61.